The number of carbonyl (C=O) groups excluding carboxylic acids is 1. The van der Waals surface area contributed by atoms with Gasteiger partial charge in [-0.1, -0.05) is 19.9 Å². The Morgan fingerprint density at radius 1 is 1.09 bits per heavy atom. The summed E-state index contributed by atoms with van der Waals surface area (Å²) in [7, 11) is 3.50. The molecular weight excluding hydrogens is 446 g/mol. The van der Waals surface area contributed by atoms with Crippen molar-refractivity contribution in [3.63, 3.8) is 0 Å². The van der Waals surface area contributed by atoms with Crippen LogP contribution in [0.25, 0.3) is 11.3 Å². The predicted molar refractivity (Wildman–Crippen MR) is 135 cm³/mol. The number of hydrogen-bond donors (Lipinski definition) is 2. The molecule has 3 aromatic rings. The Balaban J connectivity index is 1.83. The fourth-order valence-corrected chi connectivity index (χ4v) is 3.37. The first-order valence-electron chi connectivity index (χ1n) is 11.1. The highest BCUT2D eigenvalue weighted by atomic mass is 16.5. The van der Waals surface area contributed by atoms with Gasteiger partial charge in [0.25, 0.3) is 5.91 Å². The van der Waals surface area contributed by atoms with Gasteiger partial charge in [-0.05, 0) is 24.5 Å². The van der Waals surface area contributed by atoms with Crippen molar-refractivity contribution >= 4 is 23.5 Å². The van der Waals surface area contributed by atoms with Gasteiger partial charge < -0.3 is 21.1 Å². The third-order valence-electron chi connectivity index (χ3n) is 6.12. The van der Waals surface area contributed by atoms with E-state index in [4.69, 9.17) is 16.2 Å². The topological polar surface area (TPSA) is 158 Å². The first-order valence-corrected chi connectivity index (χ1v) is 11.1. The molecule has 0 saturated heterocycles. The van der Waals surface area contributed by atoms with Crippen LogP contribution >= 0.6 is 0 Å². The van der Waals surface area contributed by atoms with Crippen molar-refractivity contribution < 1.29 is 9.53 Å². The van der Waals surface area contributed by atoms with E-state index in [0.717, 1.165) is 11.1 Å². The summed E-state index contributed by atoms with van der Waals surface area (Å²) < 4.78 is 5.07. The normalized spacial score (nSPS) is 13.5. The van der Waals surface area contributed by atoms with Crippen LogP contribution < -0.4 is 16.4 Å². The summed E-state index contributed by atoms with van der Waals surface area (Å²) in [5.74, 6) is 0.459. The summed E-state index contributed by atoms with van der Waals surface area (Å²) in [6.45, 7) is 7.16. The van der Waals surface area contributed by atoms with Crippen LogP contribution in [0.15, 0.2) is 48.1 Å². The summed E-state index contributed by atoms with van der Waals surface area (Å²) in [4.78, 5) is 40.0. The van der Waals surface area contributed by atoms with E-state index in [-0.39, 0.29) is 23.4 Å². The molecule has 0 aliphatic heterocycles. The van der Waals surface area contributed by atoms with Crippen LogP contribution in [0.4, 0.5) is 11.8 Å². The zero-order valence-electron chi connectivity index (χ0n) is 20.6. The van der Waals surface area contributed by atoms with Gasteiger partial charge in [-0.15, -0.1) is 0 Å². The molecule has 0 radical (unpaired) electrons. The SMILES string of the molecule is COCCN(C)c1cnc(C(=O)N=C(N)C(C)(c2ccc(-c3cnc(N)nc3)nc2)C(C)C)cn1. The number of amides is 1. The summed E-state index contributed by atoms with van der Waals surface area (Å²) in [5.41, 5.74) is 13.6. The summed E-state index contributed by atoms with van der Waals surface area (Å²) in [6.07, 6.45) is 7.88. The highest BCUT2D eigenvalue weighted by molar-refractivity contribution is 6.05. The van der Waals surface area contributed by atoms with E-state index < -0.39 is 11.3 Å². The maximum Gasteiger partial charge on any atom is 0.298 e. The molecule has 0 aromatic carbocycles. The number of rotatable bonds is 9. The van der Waals surface area contributed by atoms with Crippen LogP contribution in [0.1, 0.15) is 36.8 Å². The lowest BCUT2D eigenvalue weighted by Crippen LogP contribution is -2.43. The summed E-state index contributed by atoms with van der Waals surface area (Å²) >= 11 is 0. The Hall–Kier alpha value is -3.99. The van der Waals surface area contributed by atoms with E-state index in [2.05, 4.69) is 29.9 Å². The second-order valence-corrected chi connectivity index (χ2v) is 8.60. The Morgan fingerprint density at radius 2 is 1.80 bits per heavy atom. The molecule has 3 rings (SSSR count). The number of amidine groups is 1. The third-order valence-corrected chi connectivity index (χ3v) is 6.12. The average molecular weight is 478 g/mol. The molecule has 0 bridgehead atoms. The van der Waals surface area contributed by atoms with Gasteiger partial charge in [-0.2, -0.15) is 4.99 Å². The molecule has 0 saturated carbocycles. The van der Waals surface area contributed by atoms with E-state index >= 15 is 0 Å². The molecule has 0 aliphatic carbocycles. The van der Waals surface area contributed by atoms with E-state index in [1.807, 2.05) is 44.9 Å². The fourth-order valence-electron chi connectivity index (χ4n) is 3.37. The van der Waals surface area contributed by atoms with Crippen LogP contribution in [0, 0.1) is 5.92 Å². The van der Waals surface area contributed by atoms with Gasteiger partial charge in [0.15, 0.2) is 0 Å². The quantitative estimate of drug-likeness (QED) is 0.345. The number of carbonyl (C=O) groups is 1. The molecule has 1 unspecified atom stereocenters. The molecular formula is C24H31N9O2. The average Bonchev–Trinajstić information content (AvgIpc) is 2.87. The molecule has 0 fully saturated rings. The number of likely N-dealkylation sites (N-methyl/N-ethyl adjacent to an activating group) is 1. The zero-order chi connectivity index (χ0) is 25.6. The van der Waals surface area contributed by atoms with Gasteiger partial charge in [-0.3, -0.25) is 9.78 Å². The third kappa shape index (κ3) is 5.75. The fraction of sp³-hybridized carbons (Fsp3) is 0.375. The highest BCUT2D eigenvalue weighted by Crippen LogP contribution is 2.33. The van der Waals surface area contributed by atoms with Crippen molar-refractivity contribution in [1.29, 1.82) is 0 Å². The Morgan fingerprint density at radius 3 is 2.34 bits per heavy atom. The summed E-state index contributed by atoms with van der Waals surface area (Å²) in [6, 6.07) is 3.76. The monoisotopic (exact) mass is 477 g/mol. The van der Waals surface area contributed by atoms with Crippen molar-refractivity contribution in [3.8, 4) is 11.3 Å². The number of aromatic nitrogens is 5. The molecule has 0 aliphatic rings. The lowest BCUT2D eigenvalue weighted by atomic mass is 9.73. The molecule has 3 aromatic heterocycles. The minimum absolute atomic E-state index is 0.0226. The standard InChI is InChI=1S/C24H31N9O2/c1-15(2)24(3,17-6-7-18(27-12-17)16-10-30-23(26)31-11-16)22(25)32-21(34)19-13-29-20(14-28-19)33(4)8-9-35-5/h6-7,10-15H,8-9H2,1-5H3,(H2,25,32,34)(H2,26,30,31). The minimum atomic E-state index is -0.744. The lowest BCUT2D eigenvalue weighted by molar-refractivity contribution is 0.0996. The smallest absolute Gasteiger partial charge is 0.298 e. The Kier molecular flexibility index (Phi) is 8.02. The number of nitrogen functional groups attached to an aromatic ring is 1. The predicted octanol–water partition coefficient (Wildman–Crippen LogP) is 2.10. The van der Waals surface area contributed by atoms with Crippen molar-refractivity contribution in [2.24, 2.45) is 16.6 Å². The van der Waals surface area contributed by atoms with E-state index in [1.165, 1.54) is 12.4 Å². The van der Waals surface area contributed by atoms with Crippen molar-refractivity contribution in [2.45, 2.75) is 26.2 Å². The van der Waals surface area contributed by atoms with Crippen LogP contribution in [0.5, 0.6) is 0 Å². The van der Waals surface area contributed by atoms with Gasteiger partial charge in [0.1, 0.15) is 17.3 Å². The Labute approximate surface area is 204 Å². The number of ether oxygens (including phenoxy) is 1. The second-order valence-electron chi connectivity index (χ2n) is 8.60. The van der Waals surface area contributed by atoms with E-state index in [0.29, 0.717) is 24.7 Å². The first-order chi connectivity index (χ1) is 16.7. The van der Waals surface area contributed by atoms with Crippen molar-refractivity contribution in [2.75, 3.05) is 37.9 Å². The number of hydrogen-bond acceptors (Lipinski definition) is 9. The highest BCUT2D eigenvalue weighted by Gasteiger charge is 2.36. The molecule has 35 heavy (non-hydrogen) atoms. The minimum Gasteiger partial charge on any atom is -0.386 e. The number of nitrogens with two attached hydrogens (primary N) is 2. The molecule has 1 atom stereocenters. The van der Waals surface area contributed by atoms with Crippen LogP contribution in [0.2, 0.25) is 0 Å². The first kappa shape index (κ1) is 25.6. The molecule has 11 nitrogen and oxygen atoms in total. The van der Waals surface area contributed by atoms with Gasteiger partial charge in [0.05, 0.1) is 30.1 Å². The van der Waals surface area contributed by atoms with Gasteiger partial charge in [0.2, 0.25) is 5.95 Å². The zero-order valence-corrected chi connectivity index (χ0v) is 20.6. The number of pyridine rings is 1. The van der Waals surface area contributed by atoms with Crippen molar-refractivity contribution in [1.82, 2.24) is 24.9 Å². The van der Waals surface area contributed by atoms with Crippen LogP contribution in [-0.4, -0.2) is 64.0 Å². The number of aliphatic imine (C=N–C) groups is 1. The molecule has 184 valence electrons. The maximum absolute atomic E-state index is 12.8. The van der Waals surface area contributed by atoms with Crippen LogP contribution in [0.3, 0.4) is 0 Å². The van der Waals surface area contributed by atoms with Crippen molar-refractivity contribution in [3.05, 3.63) is 54.4 Å². The lowest BCUT2D eigenvalue weighted by Gasteiger charge is -2.33. The Bertz CT molecular complexity index is 1160. The van der Waals surface area contributed by atoms with Crippen LogP contribution in [-0.2, 0) is 10.2 Å². The van der Waals surface area contributed by atoms with Gasteiger partial charge >= 0.3 is 0 Å². The number of nitrogens with zero attached hydrogens (tertiary/aromatic N) is 7. The number of methoxy groups -OCH3 is 1. The maximum atomic E-state index is 12.8. The largest absolute Gasteiger partial charge is 0.386 e. The van der Waals surface area contributed by atoms with E-state index in [1.54, 1.807) is 25.7 Å². The molecule has 11 heteroatoms. The van der Waals surface area contributed by atoms with Gasteiger partial charge in [0, 0.05) is 44.9 Å². The van der Waals surface area contributed by atoms with Gasteiger partial charge in [-0.25, -0.2) is 19.9 Å². The molecule has 1 amide bonds. The van der Waals surface area contributed by atoms with E-state index in [9.17, 15) is 4.79 Å². The number of anilines is 2. The molecule has 4 N–H and O–H groups in total. The second kappa shape index (κ2) is 11.0. The molecule has 0 spiro atoms. The molecule has 3 heterocycles. The summed E-state index contributed by atoms with van der Waals surface area (Å²) in [5, 5.41) is 0.